The molecule has 5 heteroatoms. The van der Waals surface area contributed by atoms with E-state index in [1.165, 1.54) is 36.6 Å². The van der Waals surface area contributed by atoms with Gasteiger partial charge in [-0.05, 0) is 18.8 Å². The number of aliphatic imine (C=N–C) groups is 1. The Labute approximate surface area is 120 Å². The van der Waals surface area contributed by atoms with Crippen molar-refractivity contribution in [3.8, 4) is 0 Å². The van der Waals surface area contributed by atoms with Crippen LogP contribution in [0.25, 0.3) is 0 Å². The Kier molecular flexibility index (Phi) is 5.02. The normalized spacial score (nSPS) is 34.8. The van der Waals surface area contributed by atoms with Crippen LogP contribution in [0.2, 0.25) is 0 Å². The Balaban J connectivity index is 1.42. The molecule has 0 spiro atoms. The van der Waals surface area contributed by atoms with Crippen LogP contribution in [-0.4, -0.2) is 61.3 Å². The third kappa shape index (κ3) is 3.86. The monoisotopic (exact) mass is 283 g/mol. The standard InChI is InChI=1S/C14H25N3OS/c1-2-4-13-12(3-1)11-19-14(16-13)15-5-6-17-7-9-18-10-8-17/h12-13H,1-11H2,(H,15,16). The molecule has 2 unspecified atom stereocenters. The second kappa shape index (κ2) is 6.95. The fourth-order valence-corrected chi connectivity index (χ4v) is 4.38. The minimum Gasteiger partial charge on any atom is -0.379 e. The number of ether oxygens (including phenoxy) is 1. The molecule has 0 aromatic rings. The lowest BCUT2D eigenvalue weighted by molar-refractivity contribution is 0.0394. The number of morpholine rings is 1. The molecule has 1 aliphatic carbocycles. The molecule has 3 rings (SSSR count). The van der Waals surface area contributed by atoms with E-state index in [0.717, 1.165) is 45.3 Å². The maximum Gasteiger partial charge on any atom is 0.156 e. The highest BCUT2D eigenvalue weighted by molar-refractivity contribution is 8.13. The summed E-state index contributed by atoms with van der Waals surface area (Å²) in [5.74, 6) is 2.16. The topological polar surface area (TPSA) is 36.9 Å². The Morgan fingerprint density at radius 2 is 2.11 bits per heavy atom. The van der Waals surface area contributed by atoms with Crippen LogP contribution in [0.5, 0.6) is 0 Å². The first-order chi connectivity index (χ1) is 9.42. The molecular formula is C14H25N3OS. The van der Waals surface area contributed by atoms with Crippen molar-refractivity contribution in [3.05, 3.63) is 0 Å². The summed E-state index contributed by atoms with van der Waals surface area (Å²) in [5.41, 5.74) is 0. The van der Waals surface area contributed by atoms with Gasteiger partial charge in [-0.3, -0.25) is 9.89 Å². The van der Waals surface area contributed by atoms with Crippen molar-refractivity contribution < 1.29 is 4.74 Å². The van der Waals surface area contributed by atoms with Gasteiger partial charge in [0.25, 0.3) is 0 Å². The molecule has 1 saturated carbocycles. The first kappa shape index (κ1) is 13.7. The second-order valence-electron chi connectivity index (χ2n) is 5.75. The molecule has 0 aromatic carbocycles. The Hall–Kier alpha value is -0.260. The fraction of sp³-hybridized carbons (Fsp3) is 0.929. The maximum atomic E-state index is 5.36. The summed E-state index contributed by atoms with van der Waals surface area (Å²) in [4.78, 5) is 7.20. The molecule has 0 radical (unpaired) electrons. The van der Waals surface area contributed by atoms with E-state index < -0.39 is 0 Å². The van der Waals surface area contributed by atoms with Crippen LogP contribution in [0, 0.1) is 5.92 Å². The van der Waals surface area contributed by atoms with Gasteiger partial charge < -0.3 is 10.1 Å². The largest absolute Gasteiger partial charge is 0.379 e. The Morgan fingerprint density at radius 3 is 3.00 bits per heavy atom. The van der Waals surface area contributed by atoms with E-state index in [1.54, 1.807) is 0 Å². The van der Waals surface area contributed by atoms with Gasteiger partial charge in [0.15, 0.2) is 5.17 Å². The molecule has 3 fully saturated rings. The zero-order chi connectivity index (χ0) is 12.9. The molecular weight excluding hydrogens is 258 g/mol. The molecule has 0 amide bonds. The molecule has 19 heavy (non-hydrogen) atoms. The highest BCUT2D eigenvalue weighted by Crippen LogP contribution is 2.31. The van der Waals surface area contributed by atoms with E-state index in [9.17, 15) is 0 Å². The average Bonchev–Trinajstić information content (AvgIpc) is 2.48. The Morgan fingerprint density at radius 1 is 1.26 bits per heavy atom. The summed E-state index contributed by atoms with van der Waals surface area (Å²) < 4.78 is 5.36. The van der Waals surface area contributed by atoms with Crippen molar-refractivity contribution in [2.45, 2.75) is 31.7 Å². The van der Waals surface area contributed by atoms with Crippen molar-refractivity contribution >= 4 is 16.9 Å². The molecule has 2 heterocycles. The zero-order valence-electron chi connectivity index (χ0n) is 11.6. The third-order valence-corrected chi connectivity index (χ3v) is 5.54. The molecule has 2 atom stereocenters. The predicted octanol–water partition coefficient (Wildman–Crippen LogP) is 1.57. The number of hydrogen-bond acceptors (Lipinski definition) is 4. The Bertz CT molecular complexity index is 318. The zero-order valence-corrected chi connectivity index (χ0v) is 12.5. The lowest BCUT2D eigenvalue weighted by Gasteiger charge is -2.37. The minimum atomic E-state index is 0.706. The van der Waals surface area contributed by atoms with Crippen LogP contribution in [0.3, 0.4) is 0 Å². The second-order valence-corrected chi connectivity index (χ2v) is 6.76. The van der Waals surface area contributed by atoms with Gasteiger partial charge in [0, 0.05) is 31.4 Å². The van der Waals surface area contributed by atoms with Gasteiger partial charge in [0.1, 0.15) is 0 Å². The highest BCUT2D eigenvalue weighted by atomic mass is 32.2. The predicted molar refractivity (Wildman–Crippen MR) is 80.9 cm³/mol. The van der Waals surface area contributed by atoms with Gasteiger partial charge >= 0.3 is 0 Å². The van der Waals surface area contributed by atoms with E-state index >= 15 is 0 Å². The highest BCUT2D eigenvalue weighted by Gasteiger charge is 2.30. The van der Waals surface area contributed by atoms with Gasteiger partial charge in [-0.25, -0.2) is 0 Å². The molecule has 3 aliphatic rings. The van der Waals surface area contributed by atoms with Crippen molar-refractivity contribution in [2.75, 3.05) is 45.1 Å². The number of fused-ring (bicyclic) bond motifs is 1. The molecule has 4 nitrogen and oxygen atoms in total. The van der Waals surface area contributed by atoms with Gasteiger partial charge in [-0.2, -0.15) is 0 Å². The van der Waals surface area contributed by atoms with Crippen molar-refractivity contribution in [2.24, 2.45) is 10.9 Å². The molecule has 1 N–H and O–H groups in total. The lowest BCUT2D eigenvalue weighted by Crippen LogP contribution is -2.46. The van der Waals surface area contributed by atoms with Gasteiger partial charge in [-0.15, -0.1) is 0 Å². The number of thioether (sulfide) groups is 1. The molecule has 0 bridgehead atoms. The lowest BCUT2D eigenvalue weighted by atomic mass is 9.86. The summed E-state index contributed by atoms with van der Waals surface area (Å²) in [6, 6.07) is 0.706. The van der Waals surface area contributed by atoms with E-state index in [2.05, 4.69) is 10.2 Å². The van der Waals surface area contributed by atoms with Crippen LogP contribution in [-0.2, 0) is 4.74 Å². The summed E-state index contributed by atoms with van der Waals surface area (Å²) in [6.45, 7) is 5.89. The molecule has 108 valence electrons. The molecule has 0 aromatic heterocycles. The van der Waals surface area contributed by atoms with E-state index in [0.29, 0.717) is 6.04 Å². The quantitative estimate of drug-likeness (QED) is 0.853. The number of hydrogen-bond donors (Lipinski definition) is 1. The van der Waals surface area contributed by atoms with Crippen LogP contribution < -0.4 is 5.32 Å². The van der Waals surface area contributed by atoms with Gasteiger partial charge in [-0.1, -0.05) is 24.6 Å². The maximum absolute atomic E-state index is 5.36. The van der Waals surface area contributed by atoms with Crippen LogP contribution in [0.1, 0.15) is 25.7 Å². The van der Waals surface area contributed by atoms with Crippen LogP contribution in [0.4, 0.5) is 0 Å². The summed E-state index contributed by atoms with van der Waals surface area (Å²) in [5, 5.41) is 4.85. The minimum absolute atomic E-state index is 0.706. The van der Waals surface area contributed by atoms with Crippen molar-refractivity contribution in [3.63, 3.8) is 0 Å². The summed E-state index contributed by atoms with van der Waals surface area (Å²) >= 11 is 1.93. The SMILES string of the molecule is C1CCC2NC(=NCCN3CCOCC3)SCC2C1. The molecule has 2 aliphatic heterocycles. The third-order valence-electron chi connectivity index (χ3n) is 4.43. The smallest absolute Gasteiger partial charge is 0.156 e. The number of nitrogens with zero attached hydrogens (tertiary/aromatic N) is 2. The van der Waals surface area contributed by atoms with Crippen molar-refractivity contribution in [1.82, 2.24) is 10.2 Å². The summed E-state index contributed by atoms with van der Waals surface area (Å²) in [6.07, 6.45) is 5.56. The van der Waals surface area contributed by atoms with Gasteiger partial charge in [0.2, 0.25) is 0 Å². The van der Waals surface area contributed by atoms with E-state index in [-0.39, 0.29) is 0 Å². The number of rotatable bonds is 3. The van der Waals surface area contributed by atoms with E-state index in [4.69, 9.17) is 9.73 Å². The van der Waals surface area contributed by atoms with Crippen LogP contribution in [0.15, 0.2) is 4.99 Å². The summed E-state index contributed by atoms with van der Waals surface area (Å²) in [7, 11) is 0. The van der Waals surface area contributed by atoms with E-state index in [1.807, 2.05) is 11.8 Å². The molecule has 2 saturated heterocycles. The van der Waals surface area contributed by atoms with Crippen LogP contribution >= 0.6 is 11.8 Å². The number of nitrogens with one attached hydrogen (secondary N) is 1. The van der Waals surface area contributed by atoms with Crippen molar-refractivity contribution in [1.29, 1.82) is 0 Å². The first-order valence-corrected chi connectivity index (χ1v) is 8.64. The first-order valence-electron chi connectivity index (χ1n) is 7.66. The fourth-order valence-electron chi connectivity index (χ4n) is 3.19. The number of amidine groups is 1. The average molecular weight is 283 g/mol. The van der Waals surface area contributed by atoms with Gasteiger partial charge in [0.05, 0.1) is 19.8 Å².